The molecule has 0 aromatic carbocycles. The molecule has 3 heteroatoms. The van der Waals surface area contributed by atoms with Crippen LogP contribution >= 0.6 is 0 Å². The van der Waals surface area contributed by atoms with Crippen molar-refractivity contribution in [2.75, 3.05) is 19.6 Å². The minimum atomic E-state index is -0.0263. The van der Waals surface area contributed by atoms with E-state index in [0.29, 0.717) is 6.04 Å². The third-order valence-electron chi connectivity index (χ3n) is 3.57. The molecule has 0 bridgehead atoms. The number of nitrogens with zero attached hydrogens (tertiary/aromatic N) is 1. The highest BCUT2D eigenvalue weighted by atomic mass is 16.3. The SMILES string of the molecule is CCN1CC(NC2CCC(O)CC2)C1. The number of aliphatic hydroxyl groups is 1. The quantitative estimate of drug-likeness (QED) is 0.696. The summed E-state index contributed by atoms with van der Waals surface area (Å²) >= 11 is 0. The maximum Gasteiger partial charge on any atom is 0.0541 e. The van der Waals surface area contributed by atoms with Gasteiger partial charge in [-0.3, -0.25) is 0 Å². The summed E-state index contributed by atoms with van der Waals surface area (Å²) in [5.41, 5.74) is 0. The summed E-state index contributed by atoms with van der Waals surface area (Å²) < 4.78 is 0. The molecule has 1 saturated heterocycles. The lowest BCUT2D eigenvalue weighted by Gasteiger charge is -2.42. The fraction of sp³-hybridized carbons (Fsp3) is 1.00. The monoisotopic (exact) mass is 198 g/mol. The van der Waals surface area contributed by atoms with Gasteiger partial charge in [0.05, 0.1) is 6.10 Å². The molecule has 0 aromatic heterocycles. The van der Waals surface area contributed by atoms with Gasteiger partial charge in [-0.05, 0) is 32.2 Å². The zero-order valence-corrected chi connectivity index (χ0v) is 9.08. The first-order chi connectivity index (χ1) is 6.78. The second-order valence-electron chi connectivity index (χ2n) is 4.72. The average molecular weight is 198 g/mol. The van der Waals surface area contributed by atoms with Gasteiger partial charge in [0.2, 0.25) is 0 Å². The van der Waals surface area contributed by atoms with Crippen molar-refractivity contribution in [1.29, 1.82) is 0 Å². The maximum absolute atomic E-state index is 9.38. The van der Waals surface area contributed by atoms with E-state index in [1.54, 1.807) is 0 Å². The Morgan fingerprint density at radius 3 is 2.36 bits per heavy atom. The van der Waals surface area contributed by atoms with Gasteiger partial charge in [-0.25, -0.2) is 0 Å². The molecule has 0 atom stereocenters. The fourth-order valence-electron chi connectivity index (χ4n) is 2.51. The Morgan fingerprint density at radius 2 is 1.79 bits per heavy atom. The van der Waals surface area contributed by atoms with Crippen LogP contribution in [-0.2, 0) is 0 Å². The van der Waals surface area contributed by atoms with E-state index in [2.05, 4.69) is 17.1 Å². The number of hydrogen-bond acceptors (Lipinski definition) is 3. The van der Waals surface area contributed by atoms with E-state index in [-0.39, 0.29) is 6.10 Å². The molecular formula is C11H22N2O. The van der Waals surface area contributed by atoms with E-state index in [0.717, 1.165) is 31.7 Å². The topological polar surface area (TPSA) is 35.5 Å². The zero-order chi connectivity index (χ0) is 9.97. The van der Waals surface area contributed by atoms with Crippen LogP contribution in [0.4, 0.5) is 0 Å². The summed E-state index contributed by atoms with van der Waals surface area (Å²) in [6.45, 7) is 5.83. The van der Waals surface area contributed by atoms with Crippen LogP contribution in [0.5, 0.6) is 0 Å². The van der Waals surface area contributed by atoms with Gasteiger partial charge in [-0.15, -0.1) is 0 Å². The van der Waals surface area contributed by atoms with Crippen molar-refractivity contribution in [2.45, 2.75) is 50.8 Å². The van der Waals surface area contributed by atoms with Gasteiger partial charge in [-0.2, -0.15) is 0 Å². The maximum atomic E-state index is 9.38. The predicted octanol–water partition coefficient (Wildman–Crippen LogP) is 0.584. The van der Waals surface area contributed by atoms with Crippen LogP contribution in [0.15, 0.2) is 0 Å². The standard InChI is InChI=1S/C11H22N2O/c1-2-13-7-10(8-13)12-9-3-5-11(14)6-4-9/h9-12,14H,2-8H2,1H3. The van der Waals surface area contributed by atoms with Crippen LogP contribution in [0.25, 0.3) is 0 Å². The van der Waals surface area contributed by atoms with Crippen LogP contribution in [0, 0.1) is 0 Å². The summed E-state index contributed by atoms with van der Waals surface area (Å²) in [5.74, 6) is 0. The van der Waals surface area contributed by atoms with Gasteiger partial charge in [-0.1, -0.05) is 6.92 Å². The first-order valence-electron chi connectivity index (χ1n) is 5.94. The van der Waals surface area contributed by atoms with Gasteiger partial charge >= 0.3 is 0 Å². The summed E-state index contributed by atoms with van der Waals surface area (Å²) in [5, 5.41) is 13.1. The van der Waals surface area contributed by atoms with Gasteiger partial charge < -0.3 is 15.3 Å². The number of likely N-dealkylation sites (N-methyl/N-ethyl adjacent to an activating group) is 1. The minimum absolute atomic E-state index is 0.0263. The Hall–Kier alpha value is -0.120. The molecular weight excluding hydrogens is 176 g/mol. The van der Waals surface area contributed by atoms with Crippen LogP contribution < -0.4 is 5.32 Å². The highest BCUT2D eigenvalue weighted by Gasteiger charge is 2.28. The Labute approximate surface area is 86.5 Å². The molecule has 2 aliphatic rings. The average Bonchev–Trinajstić information content (AvgIpc) is 2.13. The van der Waals surface area contributed by atoms with Gasteiger partial charge in [0.25, 0.3) is 0 Å². The smallest absolute Gasteiger partial charge is 0.0541 e. The zero-order valence-electron chi connectivity index (χ0n) is 9.08. The molecule has 82 valence electrons. The van der Waals surface area contributed by atoms with E-state index in [1.807, 2.05) is 0 Å². The lowest BCUT2D eigenvalue weighted by molar-refractivity contribution is 0.0884. The van der Waals surface area contributed by atoms with Crippen LogP contribution in [0.1, 0.15) is 32.6 Å². The molecule has 1 heterocycles. The summed E-state index contributed by atoms with van der Waals surface area (Å²) in [6.07, 6.45) is 4.26. The van der Waals surface area contributed by atoms with E-state index in [1.165, 1.54) is 19.6 Å². The highest BCUT2D eigenvalue weighted by Crippen LogP contribution is 2.20. The van der Waals surface area contributed by atoms with Crippen molar-refractivity contribution in [2.24, 2.45) is 0 Å². The predicted molar refractivity (Wildman–Crippen MR) is 57.3 cm³/mol. The number of likely N-dealkylation sites (tertiary alicyclic amines) is 1. The van der Waals surface area contributed by atoms with Crippen molar-refractivity contribution < 1.29 is 5.11 Å². The van der Waals surface area contributed by atoms with Crippen molar-refractivity contribution in [3.8, 4) is 0 Å². The molecule has 3 nitrogen and oxygen atoms in total. The van der Waals surface area contributed by atoms with Gasteiger partial charge in [0, 0.05) is 25.2 Å². The molecule has 14 heavy (non-hydrogen) atoms. The number of hydrogen-bond donors (Lipinski definition) is 2. The molecule has 1 aliphatic heterocycles. The number of rotatable bonds is 3. The van der Waals surface area contributed by atoms with Crippen LogP contribution in [0.2, 0.25) is 0 Å². The van der Waals surface area contributed by atoms with Crippen molar-refractivity contribution in [3.05, 3.63) is 0 Å². The summed E-state index contributed by atoms with van der Waals surface area (Å²) in [4.78, 5) is 2.45. The van der Waals surface area contributed by atoms with E-state index < -0.39 is 0 Å². The normalized spacial score (nSPS) is 35.6. The summed E-state index contributed by atoms with van der Waals surface area (Å²) in [6, 6.07) is 1.39. The van der Waals surface area contributed by atoms with Crippen LogP contribution in [-0.4, -0.2) is 47.8 Å². The van der Waals surface area contributed by atoms with E-state index in [9.17, 15) is 5.11 Å². The molecule has 0 spiro atoms. The third kappa shape index (κ3) is 2.47. The van der Waals surface area contributed by atoms with Crippen LogP contribution in [0.3, 0.4) is 0 Å². The van der Waals surface area contributed by atoms with E-state index >= 15 is 0 Å². The molecule has 2 rings (SSSR count). The Morgan fingerprint density at radius 1 is 1.14 bits per heavy atom. The largest absolute Gasteiger partial charge is 0.393 e. The van der Waals surface area contributed by atoms with Gasteiger partial charge in [0.1, 0.15) is 0 Å². The first kappa shape index (κ1) is 10.4. The van der Waals surface area contributed by atoms with Crippen molar-refractivity contribution >= 4 is 0 Å². The lowest BCUT2D eigenvalue weighted by atomic mass is 9.92. The lowest BCUT2D eigenvalue weighted by Crippen LogP contribution is -2.60. The number of aliphatic hydroxyl groups excluding tert-OH is 1. The molecule has 2 fully saturated rings. The fourth-order valence-corrected chi connectivity index (χ4v) is 2.51. The second kappa shape index (κ2) is 4.60. The molecule has 0 radical (unpaired) electrons. The van der Waals surface area contributed by atoms with Crippen molar-refractivity contribution in [3.63, 3.8) is 0 Å². The Bertz CT molecular complexity index is 172. The molecule has 0 amide bonds. The molecule has 1 saturated carbocycles. The van der Waals surface area contributed by atoms with Gasteiger partial charge in [0.15, 0.2) is 0 Å². The molecule has 0 unspecified atom stereocenters. The Balaban J connectivity index is 1.62. The second-order valence-corrected chi connectivity index (χ2v) is 4.72. The Kier molecular flexibility index (Phi) is 3.42. The molecule has 2 N–H and O–H groups in total. The molecule has 0 aromatic rings. The minimum Gasteiger partial charge on any atom is -0.393 e. The number of nitrogens with one attached hydrogen (secondary N) is 1. The summed E-state index contributed by atoms with van der Waals surface area (Å²) in [7, 11) is 0. The first-order valence-corrected chi connectivity index (χ1v) is 5.94. The third-order valence-corrected chi connectivity index (χ3v) is 3.57. The van der Waals surface area contributed by atoms with Crippen molar-refractivity contribution in [1.82, 2.24) is 10.2 Å². The highest BCUT2D eigenvalue weighted by molar-refractivity contribution is 4.89. The van der Waals surface area contributed by atoms with E-state index in [4.69, 9.17) is 0 Å². The molecule has 1 aliphatic carbocycles.